The summed E-state index contributed by atoms with van der Waals surface area (Å²) < 4.78 is 5.82. The smallest absolute Gasteiger partial charge is 0.0844 e. The summed E-state index contributed by atoms with van der Waals surface area (Å²) in [6.45, 7) is 2.23. The highest BCUT2D eigenvalue weighted by atomic mass is 16.5. The largest absolute Gasteiger partial charge is 0.377 e. The molecule has 1 atom stereocenters. The standard InChI is InChI=1S/C13H28N2O/c1-3-4-6-9-12(15-14)13(16-2)10-7-5-8-11-13/h12,15H,3-11,14H2,1-2H3. The van der Waals surface area contributed by atoms with Crippen molar-refractivity contribution in [2.45, 2.75) is 76.4 Å². The number of nitrogens with two attached hydrogens (primary N) is 1. The average Bonchev–Trinajstić information content (AvgIpc) is 2.35. The molecule has 3 nitrogen and oxygen atoms in total. The van der Waals surface area contributed by atoms with Crippen molar-refractivity contribution in [1.29, 1.82) is 0 Å². The van der Waals surface area contributed by atoms with Crippen molar-refractivity contribution >= 4 is 0 Å². The maximum atomic E-state index is 5.82. The SMILES string of the molecule is CCCCCC(NN)C1(OC)CCCCC1. The van der Waals surface area contributed by atoms with Crippen LogP contribution in [0.15, 0.2) is 0 Å². The van der Waals surface area contributed by atoms with Crippen LogP contribution < -0.4 is 11.3 Å². The van der Waals surface area contributed by atoms with E-state index in [1.165, 1.54) is 38.5 Å². The van der Waals surface area contributed by atoms with Gasteiger partial charge in [0, 0.05) is 7.11 Å². The number of hydrogen-bond donors (Lipinski definition) is 2. The van der Waals surface area contributed by atoms with Crippen LogP contribution in [0.3, 0.4) is 0 Å². The van der Waals surface area contributed by atoms with Gasteiger partial charge >= 0.3 is 0 Å². The zero-order chi connectivity index (χ0) is 11.9. The van der Waals surface area contributed by atoms with Crippen molar-refractivity contribution in [3.63, 3.8) is 0 Å². The van der Waals surface area contributed by atoms with E-state index < -0.39 is 0 Å². The van der Waals surface area contributed by atoms with E-state index in [1.807, 2.05) is 7.11 Å². The Balaban J connectivity index is 2.51. The first-order valence-corrected chi connectivity index (χ1v) is 6.80. The normalized spacial score (nSPS) is 21.9. The summed E-state index contributed by atoms with van der Waals surface area (Å²) in [4.78, 5) is 0. The van der Waals surface area contributed by atoms with Crippen LogP contribution >= 0.6 is 0 Å². The minimum atomic E-state index is 0.000736. The first kappa shape index (κ1) is 13.9. The molecule has 0 amide bonds. The topological polar surface area (TPSA) is 47.3 Å². The van der Waals surface area contributed by atoms with Gasteiger partial charge in [0.05, 0.1) is 11.6 Å². The summed E-state index contributed by atoms with van der Waals surface area (Å²) in [5.74, 6) is 5.72. The van der Waals surface area contributed by atoms with Crippen LogP contribution in [0.1, 0.15) is 64.7 Å². The lowest BCUT2D eigenvalue weighted by Crippen LogP contribution is -2.55. The van der Waals surface area contributed by atoms with Crippen LogP contribution in [-0.2, 0) is 4.74 Å². The Hall–Kier alpha value is -0.120. The molecule has 0 aromatic carbocycles. The van der Waals surface area contributed by atoms with Gasteiger partial charge in [-0.25, -0.2) is 0 Å². The molecule has 16 heavy (non-hydrogen) atoms. The molecule has 96 valence electrons. The molecule has 1 aliphatic carbocycles. The Bertz CT molecular complexity index is 179. The number of unbranched alkanes of at least 4 members (excludes halogenated alkanes) is 2. The van der Waals surface area contributed by atoms with E-state index in [2.05, 4.69) is 12.3 Å². The number of nitrogens with one attached hydrogen (secondary N) is 1. The molecule has 0 saturated heterocycles. The van der Waals surface area contributed by atoms with E-state index in [9.17, 15) is 0 Å². The van der Waals surface area contributed by atoms with Crippen LogP contribution in [-0.4, -0.2) is 18.8 Å². The first-order valence-electron chi connectivity index (χ1n) is 6.80. The first-order chi connectivity index (χ1) is 7.79. The molecule has 0 spiro atoms. The molecule has 1 saturated carbocycles. The van der Waals surface area contributed by atoms with Crippen LogP contribution in [0.5, 0.6) is 0 Å². The van der Waals surface area contributed by atoms with E-state index >= 15 is 0 Å². The third kappa shape index (κ3) is 3.44. The summed E-state index contributed by atoms with van der Waals surface area (Å²) in [5.41, 5.74) is 3.00. The third-order valence-electron chi connectivity index (χ3n) is 4.04. The highest BCUT2D eigenvalue weighted by Gasteiger charge is 2.38. The van der Waals surface area contributed by atoms with Gasteiger partial charge in [-0.05, 0) is 19.3 Å². The molecule has 3 heteroatoms. The predicted octanol–water partition coefficient (Wildman–Crippen LogP) is 2.75. The molecule has 1 aliphatic rings. The molecular formula is C13H28N2O. The summed E-state index contributed by atoms with van der Waals surface area (Å²) in [7, 11) is 1.84. The van der Waals surface area contributed by atoms with E-state index in [0.717, 1.165) is 19.3 Å². The highest BCUT2D eigenvalue weighted by molar-refractivity contribution is 4.94. The maximum Gasteiger partial charge on any atom is 0.0844 e. The van der Waals surface area contributed by atoms with Crippen molar-refractivity contribution in [3.05, 3.63) is 0 Å². The van der Waals surface area contributed by atoms with Gasteiger partial charge in [0.1, 0.15) is 0 Å². The number of ether oxygens (including phenoxy) is 1. The van der Waals surface area contributed by atoms with Crippen LogP contribution in [0.4, 0.5) is 0 Å². The zero-order valence-electron chi connectivity index (χ0n) is 10.9. The van der Waals surface area contributed by atoms with Gasteiger partial charge in [0.15, 0.2) is 0 Å². The summed E-state index contributed by atoms with van der Waals surface area (Å²) in [5, 5.41) is 0. The van der Waals surface area contributed by atoms with E-state index in [-0.39, 0.29) is 5.60 Å². The monoisotopic (exact) mass is 228 g/mol. The lowest BCUT2D eigenvalue weighted by atomic mass is 9.77. The van der Waals surface area contributed by atoms with Gasteiger partial charge in [0.25, 0.3) is 0 Å². The minimum Gasteiger partial charge on any atom is -0.377 e. The molecular weight excluding hydrogens is 200 g/mol. The third-order valence-corrected chi connectivity index (χ3v) is 4.04. The van der Waals surface area contributed by atoms with E-state index in [4.69, 9.17) is 10.6 Å². The number of hydrazine groups is 1. The lowest BCUT2D eigenvalue weighted by Gasteiger charge is -2.42. The molecule has 0 heterocycles. The van der Waals surface area contributed by atoms with Gasteiger partial charge in [-0.15, -0.1) is 0 Å². The Morgan fingerprint density at radius 3 is 2.44 bits per heavy atom. The van der Waals surface area contributed by atoms with Crippen molar-refractivity contribution in [3.8, 4) is 0 Å². The van der Waals surface area contributed by atoms with Gasteiger partial charge in [-0.2, -0.15) is 0 Å². The molecule has 1 rings (SSSR count). The quantitative estimate of drug-likeness (QED) is 0.400. The molecule has 0 aliphatic heterocycles. The van der Waals surface area contributed by atoms with Gasteiger partial charge in [-0.3, -0.25) is 11.3 Å². The van der Waals surface area contributed by atoms with Gasteiger partial charge in [0.2, 0.25) is 0 Å². The summed E-state index contributed by atoms with van der Waals surface area (Å²) in [6.07, 6.45) is 11.1. The van der Waals surface area contributed by atoms with Gasteiger partial charge < -0.3 is 4.74 Å². The minimum absolute atomic E-state index is 0.000736. The number of rotatable bonds is 7. The predicted molar refractivity (Wildman–Crippen MR) is 68.1 cm³/mol. The maximum absolute atomic E-state index is 5.82. The fraction of sp³-hybridized carbons (Fsp3) is 1.00. The molecule has 0 bridgehead atoms. The molecule has 1 fully saturated rings. The molecule has 0 aromatic heterocycles. The highest BCUT2D eigenvalue weighted by Crippen LogP contribution is 2.35. The van der Waals surface area contributed by atoms with Crippen molar-refractivity contribution in [2.24, 2.45) is 5.84 Å². The molecule has 0 aromatic rings. The summed E-state index contributed by atoms with van der Waals surface area (Å²) >= 11 is 0. The van der Waals surface area contributed by atoms with Crippen LogP contribution in [0.2, 0.25) is 0 Å². The Morgan fingerprint density at radius 1 is 1.25 bits per heavy atom. The zero-order valence-corrected chi connectivity index (χ0v) is 10.9. The van der Waals surface area contributed by atoms with E-state index in [0.29, 0.717) is 6.04 Å². The Morgan fingerprint density at radius 2 is 1.94 bits per heavy atom. The second-order valence-electron chi connectivity index (χ2n) is 5.04. The summed E-state index contributed by atoms with van der Waals surface area (Å²) in [6, 6.07) is 0.323. The molecule has 0 radical (unpaired) electrons. The number of hydrogen-bond acceptors (Lipinski definition) is 3. The van der Waals surface area contributed by atoms with Crippen LogP contribution in [0, 0.1) is 0 Å². The second kappa shape index (κ2) is 7.25. The Kier molecular flexibility index (Phi) is 6.32. The lowest BCUT2D eigenvalue weighted by molar-refractivity contribution is -0.0698. The van der Waals surface area contributed by atoms with E-state index in [1.54, 1.807) is 0 Å². The van der Waals surface area contributed by atoms with Crippen molar-refractivity contribution in [2.75, 3.05) is 7.11 Å². The average molecular weight is 228 g/mol. The fourth-order valence-electron chi connectivity index (χ4n) is 2.94. The molecule has 3 N–H and O–H groups in total. The van der Waals surface area contributed by atoms with Crippen molar-refractivity contribution in [1.82, 2.24) is 5.43 Å². The molecule has 1 unspecified atom stereocenters. The van der Waals surface area contributed by atoms with Crippen LogP contribution in [0.25, 0.3) is 0 Å². The van der Waals surface area contributed by atoms with Crippen molar-refractivity contribution < 1.29 is 4.74 Å². The number of methoxy groups -OCH3 is 1. The fourth-order valence-corrected chi connectivity index (χ4v) is 2.94. The Labute approximate surface area is 100 Å². The van der Waals surface area contributed by atoms with Gasteiger partial charge in [-0.1, -0.05) is 45.4 Å². The second-order valence-corrected chi connectivity index (χ2v) is 5.04.